The van der Waals surface area contributed by atoms with Crippen molar-refractivity contribution in [2.75, 3.05) is 44.7 Å². The minimum atomic E-state index is -0.956. The van der Waals surface area contributed by atoms with Gasteiger partial charge in [0.15, 0.2) is 0 Å². The number of nitrogens with one attached hydrogen (secondary N) is 1. The second kappa shape index (κ2) is 6.32. The molecule has 2 rings (SSSR count). The number of hydrogen-bond donors (Lipinski definition) is 2. The molecule has 98 valence electrons. The lowest BCUT2D eigenvalue weighted by atomic mass is 10.3. The van der Waals surface area contributed by atoms with Crippen LogP contribution in [0.2, 0.25) is 0 Å². The van der Waals surface area contributed by atoms with Crippen molar-refractivity contribution >= 4 is 11.8 Å². The largest absolute Gasteiger partial charge is 0.478 e. The van der Waals surface area contributed by atoms with E-state index < -0.39 is 5.97 Å². The first kappa shape index (κ1) is 12.8. The van der Waals surface area contributed by atoms with Gasteiger partial charge in [0.2, 0.25) is 0 Å². The van der Waals surface area contributed by atoms with Gasteiger partial charge in [-0.2, -0.15) is 0 Å². The Hall–Kier alpha value is -1.66. The van der Waals surface area contributed by atoms with Gasteiger partial charge in [0, 0.05) is 32.4 Å². The molecule has 2 heterocycles. The van der Waals surface area contributed by atoms with E-state index in [9.17, 15) is 4.79 Å². The quantitative estimate of drug-likeness (QED) is 0.795. The molecule has 1 saturated heterocycles. The van der Waals surface area contributed by atoms with Gasteiger partial charge in [-0.15, -0.1) is 0 Å². The van der Waals surface area contributed by atoms with Crippen LogP contribution in [0.25, 0.3) is 0 Å². The van der Waals surface area contributed by atoms with Crippen LogP contribution in [0.1, 0.15) is 10.4 Å². The van der Waals surface area contributed by atoms with Gasteiger partial charge in [-0.3, -0.25) is 4.90 Å². The summed E-state index contributed by atoms with van der Waals surface area (Å²) < 4.78 is 5.27. The van der Waals surface area contributed by atoms with E-state index >= 15 is 0 Å². The van der Waals surface area contributed by atoms with Crippen molar-refractivity contribution in [1.82, 2.24) is 9.88 Å². The van der Waals surface area contributed by atoms with Gasteiger partial charge in [-0.05, 0) is 12.1 Å². The summed E-state index contributed by atoms with van der Waals surface area (Å²) in [7, 11) is 0. The molecule has 0 spiro atoms. The molecule has 6 nitrogen and oxygen atoms in total. The Balaban J connectivity index is 1.74. The zero-order valence-corrected chi connectivity index (χ0v) is 10.1. The molecule has 1 aromatic rings. The standard InChI is InChI=1S/C12H17N3O3/c16-12(17)10-1-2-11(14-9-10)13-3-4-15-5-7-18-8-6-15/h1-2,9H,3-8H2,(H,13,14)(H,16,17). The lowest BCUT2D eigenvalue weighted by molar-refractivity contribution is 0.0398. The third-order valence-electron chi connectivity index (χ3n) is 2.85. The van der Waals surface area contributed by atoms with Gasteiger partial charge in [-0.25, -0.2) is 9.78 Å². The summed E-state index contributed by atoms with van der Waals surface area (Å²) in [5.74, 6) is -0.254. The van der Waals surface area contributed by atoms with E-state index in [-0.39, 0.29) is 5.56 Å². The maximum absolute atomic E-state index is 10.7. The second-order valence-electron chi connectivity index (χ2n) is 4.12. The van der Waals surface area contributed by atoms with E-state index in [1.165, 1.54) is 6.20 Å². The summed E-state index contributed by atoms with van der Waals surface area (Å²) in [6.45, 7) is 5.25. The number of ether oxygens (including phenoxy) is 1. The Morgan fingerprint density at radius 1 is 1.44 bits per heavy atom. The van der Waals surface area contributed by atoms with Gasteiger partial charge in [-0.1, -0.05) is 0 Å². The third-order valence-corrected chi connectivity index (χ3v) is 2.85. The Bertz CT molecular complexity index is 388. The van der Waals surface area contributed by atoms with Gasteiger partial charge < -0.3 is 15.2 Å². The molecule has 0 saturated carbocycles. The fraction of sp³-hybridized carbons (Fsp3) is 0.500. The van der Waals surface area contributed by atoms with E-state index in [4.69, 9.17) is 9.84 Å². The minimum absolute atomic E-state index is 0.203. The number of rotatable bonds is 5. The number of hydrogen-bond acceptors (Lipinski definition) is 5. The number of aromatic carboxylic acids is 1. The number of carbonyl (C=O) groups is 1. The van der Waals surface area contributed by atoms with E-state index in [2.05, 4.69) is 15.2 Å². The average molecular weight is 251 g/mol. The van der Waals surface area contributed by atoms with Crippen LogP contribution in [0.15, 0.2) is 18.3 Å². The van der Waals surface area contributed by atoms with Gasteiger partial charge in [0.25, 0.3) is 0 Å². The van der Waals surface area contributed by atoms with E-state index in [0.717, 1.165) is 39.4 Å². The molecule has 1 aliphatic rings. The SMILES string of the molecule is O=C(O)c1ccc(NCCN2CCOCC2)nc1. The molecule has 0 aliphatic carbocycles. The second-order valence-corrected chi connectivity index (χ2v) is 4.12. The number of pyridine rings is 1. The topological polar surface area (TPSA) is 74.7 Å². The van der Waals surface area contributed by atoms with Crippen LogP contribution in [0, 0.1) is 0 Å². The van der Waals surface area contributed by atoms with Gasteiger partial charge in [0.05, 0.1) is 18.8 Å². The van der Waals surface area contributed by atoms with E-state index in [0.29, 0.717) is 5.82 Å². The summed E-state index contributed by atoms with van der Waals surface area (Å²) in [4.78, 5) is 17.0. The van der Waals surface area contributed by atoms with Crippen molar-refractivity contribution in [3.8, 4) is 0 Å². The molecule has 2 N–H and O–H groups in total. The maximum Gasteiger partial charge on any atom is 0.337 e. The molecule has 0 amide bonds. The minimum Gasteiger partial charge on any atom is -0.478 e. The molecule has 1 aliphatic heterocycles. The smallest absolute Gasteiger partial charge is 0.337 e. The summed E-state index contributed by atoms with van der Waals surface area (Å²) in [5.41, 5.74) is 0.203. The maximum atomic E-state index is 10.7. The van der Waals surface area contributed by atoms with Crippen molar-refractivity contribution in [3.63, 3.8) is 0 Å². The molecule has 0 bridgehead atoms. The fourth-order valence-corrected chi connectivity index (χ4v) is 1.79. The van der Waals surface area contributed by atoms with E-state index in [1.807, 2.05) is 0 Å². The van der Waals surface area contributed by atoms with Gasteiger partial charge in [0.1, 0.15) is 5.82 Å². The molecule has 1 aromatic heterocycles. The Labute approximate surface area is 106 Å². The number of carboxylic acids is 1. The highest BCUT2D eigenvalue weighted by Gasteiger charge is 2.09. The average Bonchev–Trinajstić information content (AvgIpc) is 2.40. The molecule has 0 aromatic carbocycles. The lowest BCUT2D eigenvalue weighted by Gasteiger charge is -2.26. The lowest BCUT2D eigenvalue weighted by Crippen LogP contribution is -2.39. The van der Waals surface area contributed by atoms with Crippen molar-refractivity contribution in [3.05, 3.63) is 23.9 Å². The summed E-state index contributed by atoms with van der Waals surface area (Å²) in [5, 5.41) is 11.9. The summed E-state index contributed by atoms with van der Waals surface area (Å²) >= 11 is 0. The van der Waals surface area contributed by atoms with Crippen LogP contribution in [0.3, 0.4) is 0 Å². The van der Waals surface area contributed by atoms with Crippen LogP contribution < -0.4 is 5.32 Å². The Morgan fingerprint density at radius 2 is 2.22 bits per heavy atom. The normalized spacial score (nSPS) is 16.4. The molecule has 1 fully saturated rings. The highest BCUT2D eigenvalue weighted by molar-refractivity contribution is 5.87. The highest BCUT2D eigenvalue weighted by Crippen LogP contribution is 2.05. The zero-order valence-electron chi connectivity index (χ0n) is 10.1. The third kappa shape index (κ3) is 3.68. The molecule has 18 heavy (non-hydrogen) atoms. The highest BCUT2D eigenvalue weighted by atomic mass is 16.5. The number of nitrogens with zero attached hydrogens (tertiary/aromatic N) is 2. The number of carboxylic acid groups (broad SMARTS) is 1. The molecule has 0 radical (unpaired) electrons. The molecular formula is C12H17N3O3. The first-order valence-corrected chi connectivity index (χ1v) is 5.99. The van der Waals surface area contributed by atoms with Crippen LogP contribution in [0.5, 0.6) is 0 Å². The van der Waals surface area contributed by atoms with Crippen LogP contribution in [-0.4, -0.2) is 60.4 Å². The zero-order chi connectivity index (χ0) is 12.8. The van der Waals surface area contributed by atoms with Crippen LogP contribution in [0.4, 0.5) is 5.82 Å². The number of morpholine rings is 1. The van der Waals surface area contributed by atoms with Crippen LogP contribution in [-0.2, 0) is 4.74 Å². The molecular weight excluding hydrogens is 234 g/mol. The first-order chi connectivity index (χ1) is 8.75. The monoisotopic (exact) mass is 251 g/mol. The predicted molar refractivity (Wildman–Crippen MR) is 66.9 cm³/mol. The summed E-state index contributed by atoms with van der Waals surface area (Å²) in [6.07, 6.45) is 1.36. The summed E-state index contributed by atoms with van der Waals surface area (Å²) in [6, 6.07) is 3.23. The Kier molecular flexibility index (Phi) is 4.49. The number of aromatic nitrogens is 1. The number of anilines is 1. The van der Waals surface area contributed by atoms with Crippen LogP contribution >= 0.6 is 0 Å². The fourth-order valence-electron chi connectivity index (χ4n) is 1.79. The van der Waals surface area contributed by atoms with Gasteiger partial charge >= 0.3 is 5.97 Å². The predicted octanol–water partition coefficient (Wildman–Crippen LogP) is 0.524. The first-order valence-electron chi connectivity index (χ1n) is 5.99. The molecule has 0 unspecified atom stereocenters. The Morgan fingerprint density at radius 3 is 2.83 bits per heavy atom. The van der Waals surface area contributed by atoms with E-state index in [1.54, 1.807) is 12.1 Å². The molecule has 6 heteroatoms. The molecule has 0 atom stereocenters. The van der Waals surface area contributed by atoms with Crippen molar-refractivity contribution in [2.45, 2.75) is 0 Å². The van der Waals surface area contributed by atoms with Crippen molar-refractivity contribution < 1.29 is 14.6 Å². The van der Waals surface area contributed by atoms with Crippen molar-refractivity contribution in [2.24, 2.45) is 0 Å². The van der Waals surface area contributed by atoms with Crippen molar-refractivity contribution in [1.29, 1.82) is 0 Å².